The summed E-state index contributed by atoms with van der Waals surface area (Å²) in [5, 5.41) is 0. The van der Waals surface area contributed by atoms with Crippen LogP contribution in [0.2, 0.25) is 0 Å². The molecule has 0 bridgehead atoms. The van der Waals surface area contributed by atoms with Crippen molar-refractivity contribution in [3.8, 4) is 0 Å². The van der Waals surface area contributed by atoms with Crippen LogP contribution in [0.4, 0.5) is 4.39 Å². The van der Waals surface area contributed by atoms with Gasteiger partial charge in [0, 0.05) is 0 Å². The first-order valence-corrected chi connectivity index (χ1v) is 3.02. The van der Waals surface area contributed by atoms with Gasteiger partial charge in [-0.2, -0.15) is 0 Å². The van der Waals surface area contributed by atoms with Crippen molar-refractivity contribution in [2.24, 2.45) is 0 Å². The van der Waals surface area contributed by atoms with Crippen molar-refractivity contribution in [1.82, 2.24) is 0 Å². The maximum Gasteiger partial charge on any atom is 0.157 e. The Morgan fingerprint density at radius 1 is 1.70 bits per heavy atom. The van der Waals surface area contributed by atoms with Gasteiger partial charge in [0.05, 0.1) is 6.61 Å². The van der Waals surface area contributed by atoms with Crippen molar-refractivity contribution in [3.05, 3.63) is 36.9 Å². The highest BCUT2D eigenvalue weighted by Crippen LogP contribution is 2.09. The Kier molecular flexibility index (Phi) is 4.29. The lowest BCUT2D eigenvalue weighted by molar-refractivity contribution is 0.225. The summed E-state index contributed by atoms with van der Waals surface area (Å²) in [6, 6.07) is 0. The first-order valence-electron chi connectivity index (χ1n) is 3.02. The predicted octanol–water partition coefficient (Wildman–Crippen LogP) is 2.58. The molecule has 0 aliphatic rings. The fourth-order valence-corrected chi connectivity index (χ4v) is 0.479. The van der Waals surface area contributed by atoms with Crippen LogP contribution in [0.25, 0.3) is 0 Å². The summed E-state index contributed by atoms with van der Waals surface area (Å²) in [5.74, 6) is -0.417. The molecule has 0 saturated carbocycles. The molecule has 0 fully saturated rings. The third-order valence-corrected chi connectivity index (χ3v) is 0.836. The van der Waals surface area contributed by atoms with E-state index < -0.39 is 5.83 Å². The molecular formula is C8H11FO. The van der Waals surface area contributed by atoms with Gasteiger partial charge in [-0.3, -0.25) is 0 Å². The molecule has 56 valence electrons. The van der Waals surface area contributed by atoms with E-state index in [1.54, 1.807) is 6.92 Å². The van der Waals surface area contributed by atoms with E-state index >= 15 is 0 Å². The van der Waals surface area contributed by atoms with Crippen molar-refractivity contribution in [1.29, 1.82) is 0 Å². The average Bonchev–Trinajstić information content (AvgIpc) is 1.87. The zero-order chi connectivity index (χ0) is 7.98. The second kappa shape index (κ2) is 4.79. The standard InChI is InChI=1S/C8H11FO/c1-4-6-8(7(3)9)10-5-2/h4,6H,1,3,5H2,2H3/b8-6+. The predicted molar refractivity (Wildman–Crippen MR) is 40.2 cm³/mol. The Hall–Kier alpha value is -1.05. The normalized spacial score (nSPS) is 10.8. The second-order valence-electron chi connectivity index (χ2n) is 1.60. The van der Waals surface area contributed by atoms with Crippen LogP contribution in [0.1, 0.15) is 6.92 Å². The van der Waals surface area contributed by atoms with Gasteiger partial charge in [0.1, 0.15) is 0 Å². The van der Waals surface area contributed by atoms with Gasteiger partial charge >= 0.3 is 0 Å². The maximum atomic E-state index is 12.3. The van der Waals surface area contributed by atoms with E-state index in [4.69, 9.17) is 4.74 Å². The third-order valence-electron chi connectivity index (χ3n) is 0.836. The van der Waals surface area contributed by atoms with Gasteiger partial charge in [-0.15, -0.1) is 0 Å². The molecule has 0 spiro atoms. The van der Waals surface area contributed by atoms with Crippen LogP contribution < -0.4 is 0 Å². The number of hydrogen-bond acceptors (Lipinski definition) is 1. The number of rotatable bonds is 4. The van der Waals surface area contributed by atoms with E-state index in [0.29, 0.717) is 6.61 Å². The molecule has 0 aliphatic carbocycles. The van der Waals surface area contributed by atoms with Crippen molar-refractivity contribution >= 4 is 0 Å². The second-order valence-corrected chi connectivity index (χ2v) is 1.60. The van der Waals surface area contributed by atoms with Crippen LogP contribution >= 0.6 is 0 Å². The monoisotopic (exact) mass is 142 g/mol. The summed E-state index contributed by atoms with van der Waals surface area (Å²) in [5.41, 5.74) is 0. The van der Waals surface area contributed by atoms with Crippen LogP contribution in [-0.2, 0) is 4.74 Å². The summed E-state index contributed by atoms with van der Waals surface area (Å²) in [4.78, 5) is 0. The molecule has 0 unspecified atom stereocenters. The van der Waals surface area contributed by atoms with E-state index in [1.165, 1.54) is 12.2 Å². The van der Waals surface area contributed by atoms with E-state index in [9.17, 15) is 4.39 Å². The van der Waals surface area contributed by atoms with Gasteiger partial charge < -0.3 is 4.74 Å². The SMILES string of the molecule is C=C/C=C(/OCC)C(=C)F. The van der Waals surface area contributed by atoms with Gasteiger partial charge in [-0.1, -0.05) is 19.2 Å². The van der Waals surface area contributed by atoms with Gasteiger partial charge in [0.2, 0.25) is 0 Å². The molecule has 0 saturated heterocycles. The van der Waals surface area contributed by atoms with Crippen LogP contribution in [0.3, 0.4) is 0 Å². The molecule has 0 aromatic heterocycles. The minimum atomic E-state index is -0.568. The highest BCUT2D eigenvalue weighted by molar-refractivity contribution is 5.20. The minimum Gasteiger partial charge on any atom is -0.491 e. The summed E-state index contributed by atoms with van der Waals surface area (Å²) in [6.07, 6.45) is 2.89. The molecule has 0 rings (SSSR count). The quantitative estimate of drug-likeness (QED) is 0.433. The van der Waals surface area contributed by atoms with Crippen molar-refractivity contribution < 1.29 is 9.13 Å². The zero-order valence-corrected chi connectivity index (χ0v) is 6.06. The van der Waals surface area contributed by atoms with Gasteiger partial charge in [0.25, 0.3) is 0 Å². The highest BCUT2D eigenvalue weighted by Gasteiger charge is 1.98. The van der Waals surface area contributed by atoms with Crippen LogP contribution in [0.15, 0.2) is 36.9 Å². The molecule has 0 aliphatic heterocycles. The number of hydrogen-bond donors (Lipinski definition) is 0. The van der Waals surface area contributed by atoms with Crippen LogP contribution in [0.5, 0.6) is 0 Å². The average molecular weight is 142 g/mol. The highest BCUT2D eigenvalue weighted by atomic mass is 19.1. The lowest BCUT2D eigenvalue weighted by Gasteiger charge is -2.02. The molecule has 0 amide bonds. The lowest BCUT2D eigenvalue weighted by atomic mass is 10.4. The molecule has 0 N–H and O–H groups in total. The summed E-state index contributed by atoms with van der Waals surface area (Å²) >= 11 is 0. The first-order chi connectivity index (χ1) is 4.72. The summed E-state index contributed by atoms with van der Waals surface area (Å²) < 4.78 is 17.2. The topological polar surface area (TPSA) is 9.23 Å². The van der Waals surface area contributed by atoms with Crippen LogP contribution in [0, 0.1) is 0 Å². The Bertz CT molecular complexity index is 159. The molecule has 1 nitrogen and oxygen atoms in total. The third kappa shape index (κ3) is 3.07. The number of ether oxygens (including phenoxy) is 1. The Morgan fingerprint density at radius 3 is 2.60 bits per heavy atom. The Labute approximate surface area is 60.5 Å². The fraction of sp³-hybridized carbons (Fsp3) is 0.250. The largest absolute Gasteiger partial charge is 0.491 e. The Morgan fingerprint density at radius 2 is 2.30 bits per heavy atom. The molecule has 0 radical (unpaired) electrons. The molecule has 0 heterocycles. The van der Waals surface area contributed by atoms with E-state index in [2.05, 4.69) is 13.2 Å². The molecule has 2 heteroatoms. The minimum absolute atomic E-state index is 0.150. The van der Waals surface area contributed by atoms with Crippen molar-refractivity contribution in [2.75, 3.05) is 6.61 Å². The summed E-state index contributed by atoms with van der Waals surface area (Å²) in [6.45, 7) is 8.70. The van der Waals surface area contributed by atoms with Crippen molar-refractivity contribution in [2.45, 2.75) is 6.92 Å². The molecular weight excluding hydrogens is 131 g/mol. The molecule has 0 aromatic carbocycles. The number of halogens is 1. The summed E-state index contributed by atoms with van der Waals surface area (Å²) in [7, 11) is 0. The smallest absolute Gasteiger partial charge is 0.157 e. The molecule has 0 aromatic rings. The molecule has 10 heavy (non-hydrogen) atoms. The van der Waals surface area contributed by atoms with Crippen molar-refractivity contribution in [3.63, 3.8) is 0 Å². The maximum absolute atomic E-state index is 12.3. The Balaban J connectivity index is 4.11. The fourth-order valence-electron chi connectivity index (χ4n) is 0.479. The molecule has 0 atom stereocenters. The van der Waals surface area contributed by atoms with Crippen LogP contribution in [-0.4, -0.2) is 6.61 Å². The first kappa shape index (κ1) is 8.95. The number of allylic oxidation sites excluding steroid dienone is 3. The zero-order valence-electron chi connectivity index (χ0n) is 6.06. The van der Waals surface area contributed by atoms with Gasteiger partial charge in [-0.25, -0.2) is 4.39 Å². The van der Waals surface area contributed by atoms with E-state index in [0.717, 1.165) is 0 Å². The van der Waals surface area contributed by atoms with E-state index in [1.807, 2.05) is 0 Å². The van der Waals surface area contributed by atoms with Gasteiger partial charge in [-0.05, 0) is 13.0 Å². The lowest BCUT2D eigenvalue weighted by Crippen LogP contribution is -1.90. The van der Waals surface area contributed by atoms with E-state index in [-0.39, 0.29) is 5.76 Å². The van der Waals surface area contributed by atoms with Gasteiger partial charge in [0.15, 0.2) is 11.6 Å².